The summed E-state index contributed by atoms with van der Waals surface area (Å²) in [5.74, 6) is -0.345. The molecule has 12 heteroatoms. The average Bonchev–Trinajstić information content (AvgIpc) is 2.83. The SMILES string of the molecule is CCOC(=O)c1cnc(Cl)nc1Nc1ccc(-c2ccnc(N(C(=O)OC(C)(C)C)C(=O)OC(C)(C)C)c2)cc1. The number of rotatable bonds is 6. The van der Waals surface area contributed by atoms with Crippen molar-refractivity contribution >= 4 is 47.1 Å². The number of amides is 2. The number of ether oxygens (including phenoxy) is 3. The molecular weight excluding hydrogens is 538 g/mol. The molecule has 40 heavy (non-hydrogen) atoms. The van der Waals surface area contributed by atoms with E-state index in [9.17, 15) is 14.4 Å². The number of pyridine rings is 1. The van der Waals surface area contributed by atoms with E-state index < -0.39 is 29.4 Å². The van der Waals surface area contributed by atoms with Crippen LogP contribution in [0.5, 0.6) is 0 Å². The molecule has 0 radical (unpaired) electrons. The topological polar surface area (TPSA) is 133 Å². The van der Waals surface area contributed by atoms with E-state index in [-0.39, 0.29) is 29.1 Å². The van der Waals surface area contributed by atoms with Crippen LogP contribution in [-0.2, 0) is 14.2 Å². The first-order chi connectivity index (χ1) is 18.7. The molecule has 1 N–H and O–H groups in total. The predicted molar refractivity (Wildman–Crippen MR) is 151 cm³/mol. The number of benzene rings is 1. The van der Waals surface area contributed by atoms with Crippen molar-refractivity contribution in [2.75, 3.05) is 16.8 Å². The van der Waals surface area contributed by atoms with E-state index in [1.807, 2.05) is 0 Å². The second kappa shape index (κ2) is 12.3. The van der Waals surface area contributed by atoms with Gasteiger partial charge in [-0.15, -0.1) is 0 Å². The molecular formula is C28H32ClN5O6. The van der Waals surface area contributed by atoms with Crippen LogP contribution in [0.1, 0.15) is 58.8 Å². The van der Waals surface area contributed by atoms with Gasteiger partial charge in [0.05, 0.1) is 6.61 Å². The molecule has 0 bridgehead atoms. The molecule has 3 rings (SSSR count). The lowest BCUT2D eigenvalue weighted by Gasteiger charge is -2.28. The predicted octanol–water partition coefficient (Wildman–Crippen LogP) is 6.79. The molecule has 0 fully saturated rings. The number of nitrogens with one attached hydrogen (secondary N) is 1. The number of hydrogen-bond acceptors (Lipinski definition) is 10. The molecule has 0 aliphatic rings. The van der Waals surface area contributed by atoms with Crippen LogP contribution in [0.3, 0.4) is 0 Å². The van der Waals surface area contributed by atoms with Gasteiger partial charge in [-0.3, -0.25) is 0 Å². The highest BCUT2D eigenvalue weighted by molar-refractivity contribution is 6.28. The number of anilines is 3. The van der Waals surface area contributed by atoms with E-state index >= 15 is 0 Å². The minimum atomic E-state index is -0.910. The van der Waals surface area contributed by atoms with E-state index in [0.717, 1.165) is 10.5 Å². The van der Waals surface area contributed by atoms with E-state index in [0.29, 0.717) is 11.3 Å². The van der Waals surface area contributed by atoms with Crippen molar-refractivity contribution < 1.29 is 28.6 Å². The first-order valence-electron chi connectivity index (χ1n) is 12.5. The maximum Gasteiger partial charge on any atom is 0.425 e. The van der Waals surface area contributed by atoms with Crippen LogP contribution in [0.15, 0.2) is 48.8 Å². The summed E-state index contributed by atoms with van der Waals surface area (Å²) in [4.78, 5) is 51.2. The summed E-state index contributed by atoms with van der Waals surface area (Å²) >= 11 is 5.94. The Morgan fingerprint density at radius 1 is 0.900 bits per heavy atom. The van der Waals surface area contributed by atoms with Crippen molar-refractivity contribution in [3.63, 3.8) is 0 Å². The van der Waals surface area contributed by atoms with Gasteiger partial charge in [0.15, 0.2) is 0 Å². The normalized spacial score (nSPS) is 11.4. The van der Waals surface area contributed by atoms with Crippen molar-refractivity contribution in [1.29, 1.82) is 0 Å². The van der Waals surface area contributed by atoms with Gasteiger partial charge in [-0.2, -0.15) is 9.88 Å². The van der Waals surface area contributed by atoms with Crippen molar-refractivity contribution in [2.45, 2.75) is 59.7 Å². The third-order valence-corrected chi connectivity index (χ3v) is 5.04. The van der Waals surface area contributed by atoms with Gasteiger partial charge in [-0.1, -0.05) is 12.1 Å². The second-order valence-corrected chi connectivity index (χ2v) is 10.9. The average molecular weight is 570 g/mol. The van der Waals surface area contributed by atoms with Crippen molar-refractivity contribution in [3.05, 3.63) is 59.6 Å². The maximum absolute atomic E-state index is 13.0. The van der Waals surface area contributed by atoms with Gasteiger partial charge in [0.1, 0.15) is 28.4 Å². The molecule has 0 atom stereocenters. The van der Waals surface area contributed by atoms with Crippen LogP contribution < -0.4 is 10.2 Å². The maximum atomic E-state index is 13.0. The highest BCUT2D eigenvalue weighted by Gasteiger charge is 2.33. The Bertz CT molecular complexity index is 1360. The van der Waals surface area contributed by atoms with Crippen LogP contribution in [-0.4, -0.2) is 50.9 Å². The fraction of sp³-hybridized carbons (Fsp3) is 0.357. The molecule has 11 nitrogen and oxygen atoms in total. The molecule has 0 aliphatic carbocycles. The molecule has 0 saturated heterocycles. The number of hydrogen-bond donors (Lipinski definition) is 1. The summed E-state index contributed by atoms with van der Waals surface area (Å²) in [6.07, 6.45) is 0.954. The molecule has 3 aromatic rings. The number of halogens is 1. The summed E-state index contributed by atoms with van der Waals surface area (Å²) in [5.41, 5.74) is 0.485. The Kier molecular flexibility index (Phi) is 9.31. The standard InChI is InChI=1S/C28H32ClN5O6/c1-8-38-23(35)20-16-31-24(29)33-22(20)32-19-11-9-17(10-12-19)18-13-14-30-21(15-18)34(25(36)39-27(2,3)4)26(37)40-28(5,6)7/h9-16H,8H2,1-7H3,(H,31,32,33). The molecule has 0 spiro atoms. The van der Waals surface area contributed by atoms with Gasteiger partial charge in [-0.25, -0.2) is 24.4 Å². The molecule has 212 valence electrons. The largest absolute Gasteiger partial charge is 0.462 e. The van der Waals surface area contributed by atoms with Crippen LogP contribution in [0.25, 0.3) is 11.1 Å². The number of carbonyl (C=O) groups excluding carboxylic acids is 3. The molecule has 0 unspecified atom stereocenters. The number of imide groups is 1. The highest BCUT2D eigenvalue weighted by Crippen LogP contribution is 2.28. The third kappa shape index (κ3) is 8.37. The molecule has 0 saturated carbocycles. The molecule has 2 heterocycles. The summed E-state index contributed by atoms with van der Waals surface area (Å²) < 4.78 is 15.9. The van der Waals surface area contributed by atoms with Gasteiger partial charge < -0.3 is 19.5 Å². The minimum absolute atomic E-state index is 0.0315. The van der Waals surface area contributed by atoms with E-state index in [1.165, 1.54) is 12.4 Å². The summed E-state index contributed by atoms with van der Waals surface area (Å²) in [6, 6.07) is 10.5. The Hall–Kier alpha value is -4.25. The number of esters is 1. The minimum Gasteiger partial charge on any atom is -0.462 e. The zero-order chi connectivity index (χ0) is 29.7. The molecule has 0 aliphatic heterocycles. The lowest BCUT2D eigenvalue weighted by Crippen LogP contribution is -2.44. The van der Waals surface area contributed by atoms with Gasteiger partial charge in [0.25, 0.3) is 0 Å². The van der Waals surface area contributed by atoms with Gasteiger partial charge in [0.2, 0.25) is 5.28 Å². The second-order valence-electron chi connectivity index (χ2n) is 10.5. The van der Waals surface area contributed by atoms with E-state index in [1.54, 1.807) is 84.9 Å². The number of nitrogens with zero attached hydrogens (tertiary/aromatic N) is 4. The van der Waals surface area contributed by atoms with Gasteiger partial charge in [-0.05, 0) is 95.5 Å². The Balaban J connectivity index is 1.90. The number of carbonyl (C=O) groups is 3. The monoisotopic (exact) mass is 569 g/mol. The molecule has 2 aromatic heterocycles. The summed E-state index contributed by atoms with van der Waals surface area (Å²) in [7, 11) is 0. The van der Waals surface area contributed by atoms with Crippen LogP contribution in [0, 0.1) is 0 Å². The van der Waals surface area contributed by atoms with Crippen LogP contribution in [0.2, 0.25) is 5.28 Å². The Labute approximate surface area is 237 Å². The Morgan fingerprint density at radius 2 is 1.50 bits per heavy atom. The van der Waals surface area contributed by atoms with Gasteiger partial charge >= 0.3 is 18.2 Å². The molecule has 1 aromatic carbocycles. The fourth-order valence-corrected chi connectivity index (χ4v) is 3.43. The highest BCUT2D eigenvalue weighted by atomic mass is 35.5. The fourth-order valence-electron chi connectivity index (χ4n) is 3.29. The first kappa shape index (κ1) is 30.3. The summed E-state index contributed by atoms with van der Waals surface area (Å²) in [6.45, 7) is 12.1. The zero-order valence-electron chi connectivity index (χ0n) is 23.4. The quantitative estimate of drug-likeness (QED) is 0.192. The molecule has 2 amide bonds. The van der Waals surface area contributed by atoms with Gasteiger partial charge in [0, 0.05) is 18.1 Å². The Morgan fingerprint density at radius 3 is 2.05 bits per heavy atom. The van der Waals surface area contributed by atoms with Crippen molar-refractivity contribution in [1.82, 2.24) is 15.0 Å². The van der Waals surface area contributed by atoms with Crippen molar-refractivity contribution in [2.24, 2.45) is 0 Å². The van der Waals surface area contributed by atoms with E-state index in [2.05, 4.69) is 20.3 Å². The first-order valence-corrected chi connectivity index (χ1v) is 12.8. The smallest absolute Gasteiger partial charge is 0.425 e. The third-order valence-electron chi connectivity index (χ3n) is 4.86. The van der Waals surface area contributed by atoms with Crippen LogP contribution in [0.4, 0.5) is 26.9 Å². The van der Waals surface area contributed by atoms with Crippen molar-refractivity contribution in [3.8, 4) is 11.1 Å². The lowest BCUT2D eigenvalue weighted by molar-refractivity contribution is 0.0427. The zero-order valence-corrected chi connectivity index (χ0v) is 24.2. The van der Waals surface area contributed by atoms with Crippen LogP contribution >= 0.6 is 11.6 Å². The lowest BCUT2D eigenvalue weighted by atomic mass is 10.1. The summed E-state index contributed by atoms with van der Waals surface area (Å²) in [5, 5.41) is 3.02. The number of aromatic nitrogens is 3. The van der Waals surface area contributed by atoms with E-state index in [4.69, 9.17) is 25.8 Å².